The van der Waals surface area contributed by atoms with Crippen molar-refractivity contribution in [3.8, 4) is 0 Å². The number of carboxylic acids is 1. The van der Waals surface area contributed by atoms with Crippen LogP contribution in [0.15, 0.2) is 16.8 Å². The molecule has 4 fully saturated rings. The van der Waals surface area contributed by atoms with Gasteiger partial charge in [-0.15, -0.1) is 0 Å². The van der Waals surface area contributed by atoms with Crippen LogP contribution in [0.1, 0.15) is 71.6 Å². The molecule has 38 heavy (non-hydrogen) atoms. The number of carbonyl (C=O) groups is 3. The third-order valence-electron chi connectivity index (χ3n) is 10.9. The summed E-state index contributed by atoms with van der Waals surface area (Å²) in [4.78, 5) is 43.1. The Labute approximate surface area is 222 Å². The van der Waals surface area contributed by atoms with E-state index < -0.39 is 41.5 Å². The molecular formula is C28H40N2O8. The van der Waals surface area contributed by atoms with Gasteiger partial charge in [0.15, 0.2) is 12.4 Å². The minimum atomic E-state index is -1.60. The van der Waals surface area contributed by atoms with Gasteiger partial charge >= 0.3 is 5.97 Å². The van der Waals surface area contributed by atoms with Gasteiger partial charge in [0.05, 0.1) is 11.8 Å². The second-order valence-corrected chi connectivity index (χ2v) is 12.5. The summed E-state index contributed by atoms with van der Waals surface area (Å²) in [6, 6.07) is -0.798. The second kappa shape index (κ2) is 9.71. The van der Waals surface area contributed by atoms with Crippen molar-refractivity contribution in [1.29, 1.82) is 0 Å². The molecule has 5 aliphatic rings. The molecule has 5 rings (SSSR count). The Balaban J connectivity index is 1.29. The Kier molecular flexibility index (Phi) is 6.97. The molecule has 1 amide bonds. The topological polar surface area (TPSA) is 157 Å². The normalized spacial score (nSPS) is 43.2. The molecule has 4 aliphatic carbocycles. The molecule has 8 atom stereocenters. The molecule has 10 nitrogen and oxygen atoms in total. The molecule has 1 aliphatic heterocycles. The highest BCUT2D eigenvalue weighted by atomic mass is 16.6. The van der Waals surface area contributed by atoms with Crippen molar-refractivity contribution in [2.24, 2.45) is 33.7 Å². The molecule has 4 N–H and O–H groups in total. The van der Waals surface area contributed by atoms with E-state index in [1.807, 2.05) is 13.0 Å². The van der Waals surface area contributed by atoms with Crippen molar-refractivity contribution < 1.29 is 39.6 Å². The van der Waals surface area contributed by atoms with E-state index in [1.165, 1.54) is 10.5 Å². The molecule has 0 aromatic heterocycles. The lowest BCUT2D eigenvalue weighted by Gasteiger charge is -2.60. The molecule has 1 saturated heterocycles. The fraction of sp³-hybridized carbons (Fsp3) is 0.786. The van der Waals surface area contributed by atoms with E-state index in [1.54, 1.807) is 0 Å². The summed E-state index contributed by atoms with van der Waals surface area (Å²) >= 11 is 0. The zero-order chi connectivity index (χ0) is 27.5. The number of fused-ring (bicyclic) bond motifs is 5. The van der Waals surface area contributed by atoms with E-state index >= 15 is 0 Å². The number of aliphatic carboxylic acids is 1. The number of amides is 1. The Hall–Kier alpha value is -2.30. The Morgan fingerprint density at radius 1 is 1.16 bits per heavy atom. The third kappa shape index (κ3) is 4.02. The first-order chi connectivity index (χ1) is 18.0. The maximum atomic E-state index is 12.6. The van der Waals surface area contributed by atoms with Crippen LogP contribution in [-0.2, 0) is 19.2 Å². The van der Waals surface area contributed by atoms with Crippen LogP contribution in [0.5, 0.6) is 0 Å². The van der Waals surface area contributed by atoms with Crippen molar-refractivity contribution in [1.82, 2.24) is 4.90 Å². The third-order valence-corrected chi connectivity index (χ3v) is 10.9. The van der Waals surface area contributed by atoms with Crippen molar-refractivity contribution in [2.45, 2.75) is 89.4 Å². The number of aliphatic hydroxyl groups is 3. The largest absolute Gasteiger partial charge is 0.480 e. The predicted octanol–water partition coefficient (Wildman–Crippen LogP) is 1.66. The van der Waals surface area contributed by atoms with Gasteiger partial charge in [-0.05, 0) is 87.0 Å². The molecule has 1 heterocycles. The number of carbonyl (C=O) groups excluding carboxylic acids is 2. The minimum absolute atomic E-state index is 0.000631. The van der Waals surface area contributed by atoms with Crippen molar-refractivity contribution in [3.05, 3.63) is 11.6 Å². The van der Waals surface area contributed by atoms with Gasteiger partial charge in [-0.25, -0.2) is 4.79 Å². The lowest BCUT2D eigenvalue weighted by molar-refractivity contribution is -0.181. The summed E-state index contributed by atoms with van der Waals surface area (Å²) in [7, 11) is 0. The van der Waals surface area contributed by atoms with Gasteiger partial charge in [-0.2, -0.15) is 0 Å². The first-order valence-corrected chi connectivity index (χ1v) is 13.9. The minimum Gasteiger partial charge on any atom is -0.480 e. The molecule has 3 saturated carbocycles. The number of oxime groups is 1. The number of hydrogen-bond acceptors (Lipinski definition) is 8. The SMILES string of the molecule is CC12CCC(=NOCC(=O)N3CCCC3C(=O)O)C=C1CCC1C2C(O)CC2(C)C1CCC2(O)C(=O)CO. The number of hydrogen-bond donors (Lipinski definition) is 4. The average molecular weight is 533 g/mol. The molecule has 10 heteroatoms. The van der Waals surface area contributed by atoms with Crippen molar-refractivity contribution >= 4 is 23.4 Å². The molecule has 0 aromatic rings. The first kappa shape index (κ1) is 27.3. The summed E-state index contributed by atoms with van der Waals surface area (Å²) in [6.07, 6.45) is 6.85. The number of allylic oxidation sites excluding steroid dienone is 2. The highest BCUT2D eigenvalue weighted by Gasteiger charge is 2.68. The van der Waals surface area contributed by atoms with Gasteiger partial charge in [-0.3, -0.25) is 9.59 Å². The van der Waals surface area contributed by atoms with Crippen LogP contribution in [0.25, 0.3) is 0 Å². The van der Waals surface area contributed by atoms with E-state index in [0.717, 1.165) is 25.0 Å². The summed E-state index contributed by atoms with van der Waals surface area (Å²) in [5.41, 5.74) is -0.673. The molecular weight excluding hydrogens is 492 g/mol. The Morgan fingerprint density at radius 2 is 1.92 bits per heavy atom. The number of carboxylic acid groups (broad SMARTS) is 1. The van der Waals surface area contributed by atoms with Crippen LogP contribution in [-0.4, -0.2) is 86.2 Å². The van der Waals surface area contributed by atoms with Gasteiger partial charge in [0.25, 0.3) is 5.91 Å². The number of aliphatic hydroxyl groups excluding tert-OH is 2. The Morgan fingerprint density at radius 3 is 2.63 bits per heavy atom. The van der Waals surface area contributed by atoms with Crippen molar-refractivity contribution in [3.63, 3.8) is 0 Å². The van der Waals surface area contributed by atoms with Crippen LogP contribution < -0.4 is 0 Å². The summed E-state index contributed by atoms with van der Waals surface area (Å²) in [6.45, 7) is 3.53. The maximum absolute atomic E-state index is 12.6. The summed E-state index contributed by atoms with van der Waals surface area (Å²) in [5, 5.41) is 45.9. The monoisotopic (exact) mass is 532 g/mol. The maximum Gasteiger partial charge on any atom is 0.326 e. The Bertz CT molecular complexity index is 1070. The van der Waals surface area contributed by atoms with Gasteiger partial charge in [0, 0.05) is 12.0 Å². The van der Waals surface area contributed by atoms with E-state index in [9.17, 15) is 34.8 Å². The summed E-state index contributed by atoms with van der Waals surface area (Å²) < 4.78 is 0. The first-order valence-electron chi connectivity index (χ1n) is 13.9. The van der Waals surface area contributed by atoms with Gasteiger partial charge in [0.1, 0.15) is 18.2 Å². The highest BCUT2D eigenvalue weighted by Crippen LogP contribution is 2.67. The molecule has 0 radical (unpaired) electrons. The quantitative estimate of drug-likeness (QED) is 0.376. The van der Waals surface area contributed by atoms with Crippen LogP contribution >= 0.6 is 0 Å². The van der Waals surface area contributed by atoms with Crippen LogP contribution in [0.3, 0.4) is 0 Å². The van der Waals surface area contributed by atoms with Crippen molar-refractivity contribution in [2.75, 3.05) is 19.8 Å². The van der Waals surface area contributed by atoms with Gasteiger partial charge in [-0.1, -0.05) is 24.6 Å². The number of likely N-dealkylation sites (tertiary alicyclic amines) is 1. The fourth-order valence-corrected chi connectivity index (χ4v) is 8.94. The van der Waals surface area contributed by atoms with E-state index in [-0.39, 0.29) is 35.7 Å². The molecule has 0 bridgehead atoms. The highest BCUT2D eigenvalue weighted by molar-refractivity contribution is 5.96. The standard InChI is InChI=1S/C28H40N2O8/c1-26-9-7-17(29-38-15-23(34)30-11-3-4-20(30)25(35)36)12-16(26)5-6-18-19-8-10-28(37,22(33)14-31)27(19,2)13-21(32)24(18)26/h12,18-21,24,31-32,37H,3-11,13-15H2,1-2H3,(H,35,36). The molecule has 8 unspecified atom stereocenters. The lowest BCUT2D eigenvalue weighted by atomic mass is 9.45. The van der Waals surface area contributed by atoms with E-state index in [0.29, 0.717) is 45.1 Å². The average Bonchev–Trinajstić information content (AvgIpc) is 3.47. The van der Waals surface area contributed by atoms with Crippen LogP contribution in [0.4, 0.5) is 0 Å². The predicted molar refractivity (Wildman–Crippen MR) is 136 cm³/mol. The zero-order valence-electron chi connectivity index (χ0n) is 22.3. The van der Waals surface area contributed by atoms with Gasteiger partial charge in [0.2, 0.25) is 0 Å². The van der Waals surface area contributed by atoms with Gasteiger partial charge < -0.3 is 30.2 Å². The number of ketones is 1. The second-order valence-electron chi connectivity index (χ2n) is 12.5. The number of Topliss-reactive ketones (excluding diaryl/α,β-unsaturated/α-hetero) is 1. The summed E-state index contributed by atoms with van der Waals surface area (Å²) in [5.74, 6) is -1.66. The van der Waals surface area contributed by atoms with Crippen LogP contribution in [0, 0.1) is 28.6 Å². The smallest absolute Gasteiger partial charge is 0.326 e. The number of rotatable bonds is 6. The lowest BCUT2D eigenvalue weighted by Crippen LogP contribution is -2.62. The zero-order valence-corrected chi connectivity index (χ0v) is 22.3. The molecule has 0 spiro atoms. The molecule has 0 aromatic carbocycles. The molecule has 210 valence electrons. The van der Waals surface area contributed by atoms with E-state index in [4.69, 9.17) is 4.84 Å². The van der Waals surface area contributed by atoms with Crippen LogP contribution in [0.2, 0.25) is 0 Å². The van der Waals surface area contributed by atoms with E-state index in [2.05, 4.69) is 12.1 Å². The fourth-order valence-electron chi connectivity index (χ4n) is 8.94. The number of nitrogens with zero attached hydrogens (tertiary/aromatic N) is 2.